The summed E-state index contributed by atoms with van der Waals surface area (Å²) in [7, 11) is 0. The van der Waals surface area contributed by atoms with Crippen molar-refractivity contribution in [2.75, 3.05) is 6.61 Å². The number of rotatable bonds is 5. The van der Waals surface area contributed by atoms with Crippen LogP contribution in [0.1, 0.15) is 39.5 Å². The Labute approximate surface area is 119 Å². The van der Waals surface area contributed by atoms with Gasteiger partial charge in [-0.3, -0.25) is 0 Å². The van der Waals surface area contributed by atoms with Gasteiger partial charge in [-0.15, -0.1) is 0 Å². The summed E-state index contributed by atoms with van der Waals surface area (Å²) in [6, 6.07) is 0. The van der Waals surface area contributed by atoms with Crippen LogP contribution in [0.25, 0.3) is 0 Å². The highest BCUT2D eigenvalue weighted by Crippen LogP contribution is 2.37. The number of ether oxygens (including phenoxy) is 5. The van der Waals surface area contributed by atoms with Crippen LogP contribution < -0.4 is 0 Å². The van der Waals surface area contributed by atoms with Gasteiger partial charge in [0.25, 0.3) is 0 Å². The van der Waals surface area contributed by atoms with Crippen molar-refractivity contribution >= 4 is 0 Å². The van der Waals surface area contributed by atoms with E-state index in [1.165, 1.54) is 0 Å². The maximum absolute atomic E-state index is 10.4. The largest absolute Gasteiger partial charge is 0.387 e. The van der Waals surface area contributed by atoms with Crippen molar-refractivity contribution in [1.29, 1.82) is 0 Å². The van der Waals surface area contributed by atoms with Crippen molar-refractivity contribution in [2.45, 2.75) is 82.8 Å². The van der Waals surface area contributed by atoms with Crippen LogP contribution in [0.5, 0.6) is 0 Å². The highest BCUT2D eigenvalue weighted by molar-refractivity contribution is 4.95. The summed E-state index contributed by atoms with van der Waals surface area (Å²) in [5.41, 5.74) is 0. The van der Waals surface area contributed by atoms with Gasteiger partial charge < -0.3 is 28.8 Å². The Kier molecular flexibility index (Phi) is 4.59. The smallest absolute Gasteiger partial charge is 0.190 e. The fraction of sp³-hybridized carbons (Fsp3) is 1.00. The third-order valence-corrected chi connectivity index (χ3v) is 4.02. The van der Waals surface area contributed by atoms with E-state index in [4.69, 9.17) is 23.7 Å². The van der Waals surface area contributed by atoms with Gasteiger partial charge in [0.05, 0.1) is 6.61 Å². The van der Waals surface area contributed by atoms with E-state index in [-0.39, 0.29) is 18.7 Å². The molecule has 0 aromatic carbocycles. The number of fused-ring (bicyclic) bond motifs is 1. The lowest BCUT2D eigenvalue weighted by Gasteiger charge is -2.23. The van der Waals surface area contributed by atoms with Crippen LogP contribution in [0.15, 0.2) is 0 Å². The van der Waals surface area contributed by atoms with Crippen LogP contribution in [0.4, 0.5) is 0 Å². The molecule has 3 fully saturated rings. The second kappa shape index (κ2) is 6.25. The minimum Gasteiger partial charge on any atom is -0.387 e. The van der Waals surface area contributed by atoms with Gasteiger partial charge in [-0.2, -0.15) is 0 Å². The summed E-state index contributed by atoms with van der Waals surface area (Å²) in [6.07, 6.45) is 0.895. The van der Waals surface area contributed by atoms with Crippen molar-refractivity contribution in [3.63, 3.8) is 0 Å². The molecule has 6 heteroatoms. The Morgan fingerprint density at radius 2 is 1.65 bits per heavy atom. The Balaban J connectivity index is 1.54. The molecule has 0 amide bonds. The second-order valence-electron chi connectivity index (χ2n) is 5.64. The molecule has 0 aromatic heterocycles. The zero-order valence-electron chi connectivity index (χ0n) is 12.1. The van der Waals surface area contributed by atoms with Gasteiger partial charge in [0, 0.05) is 0 Å². The third kappa shape index (κ3) is 2.73. The molecule has 3 heterocycles. The summed E-state index contributed by atoms with van der Waals surface area (Å²) in [6.45, 7) is 4.60. The lowest BCUT2D eigenvalue weighted by molar-refractivity contribution is -0.192. The van der Waals surface area contributed by atoms with Gasteiger partial charge in [0.1, 0.15) is 24.4 Å². The monoisotopic (exact) mass is 288 g/mol. The number of hydrogen-bond donors (Lipinski definition) is 1. The molecule has 0 saturated carbocycles. The molecule has 6 nitrogen and oxygen atoms in total. The normalized spacial score (nSPS) is 47.9. The van der Waals surface area contributed by atoms with Crippen LogP contribution in [0.2, 0.25) is 0 Å². The minimum absolute atomic E-state index is 0.184. The topological polar surface area (TPSA) is 66.4 Å². The molecule has 1 N–H and O–H groups in total. The van der Waals surface area contributed by atoms with E-state index in [1.54, 1.807) is 0 Å². The number of aliphatic hydroxyl groups is 1. The molecule has 0 radical (unpaired) electrons. The maximum atomic E-state index is 10.4. The van der Waals surface area contributed by atoms with Crippen molar-refractivity contribution in [1.82, 2.24) is 0 Å². The lowest BCUT2D eigenvalue weighted by Crippen LogP contribution is -2.41. The quantitative estimate of drug-likeness (QED) is 0.819. The number of aliphatic hydroxyl groups excluding tert-OH is 1. The van der Waals surface area contributed by atoms with Crippen LogP contribution in [0.3, 0.4) is 0 Å². The zero-order valence-corrected chi connectivity index (χ0v) is 12.1. The van der Waals surface area contributed by atoms with E-state index in [2.05, 4.69) is 13.8 Å². The zero-order chi connectivity index (χ0) is 14.1. The van der Waals surface area contributed by atoms with Crippen molar-refractivity contribution in [2.24, 2.45) is 0 Å². The lowest BCUT2D eigenvalue weighted by atomic mass is 10.1. The fourth-order valence-electron chi connectivity index (χ4n) is 2.99. The highest BCUT2D eigenvalue weighted by Gasteiger charge is 2.55. The minimum atomic E-state index is -0.726. The number of hydrogen-bond acceptors (Lipinski definition) is 6. The van der Waals surface area contributed by atoms with Crippen molar-refractivity contribution in [3.05, 3.63) is 0 Å². The average Bonchev–Trinajstić information content (AvgIpc) is 3.08. The maximum Gasteiger partial charge on any atom is 0.190 e. The van der Waals surface area contributed by atoms with Crippen LogP contribution in [0, 0.1) is 0 Å². The van der Waals surface area contributed by atoms with Crippen LogP contribution in [-0.4, -0.2) is 55.0 Å². The average molecular weight is 288 g/mol. The summed E-state index contributed by atoms with van der Waals surface area (Å²) in [5, 5.41) is 10.4. The Hall–Kier alpha value is -0.240. The second-order valence-corrected chi connectivity index (χ2v) is 5.64. The predicted octanol–water partition coefficient (Wildman–Crippen LogP) is 1.16. The van der Waals surface area contributed by atoms with Gasteiger partial charge in [0.2, 0.25) is 0 Å². The Morgan fingerprint density at radius 3 is 2.35 bits per heavy atom. The molecule has 7 atom stereocenters. The van der Waals surface area contributed by atoms with E-state index in [9.17, 15) is 5.11 Å². The molecule has 0 aromatic rings. The summed E-state index contributed by atoms with van der Waals surface area (Å²) in [4.78, 5) is 0. The first-order valence-electron chi connectivity index (χ1n) is 7.64. The molecule has 2 unspecified atom stereocenters. The highest BCUT2D eigenvalue weighted by atomic mass is 16.8. The van der Waals surface area contributed by atoms with Gasteiger partial charge in [-0.05, 0) is 12.8 Å². The van der Waals surface area contributed by atoms with Crippen LogP contribution in [-0.2, 0) is 23.7 Å². The van der Waals surface area contributed by atoms with Gasteiger partial charge in [-0.1, -0.05) is 26.7 Å². The fourth-order valence-corrected chi connectivity index (χ4v) is 2.99. The Bertz CT molecular complexity index is 325. The van der Waals surface area contributed by atoms with Crippen LogP contribution >= 0.6 is 0 Å². The summed E-state index contributed by atoms with van der Waals surface area (Å²) >= 11 is 0. The van der Waals surface area contributed by atoms with E-state index in [0.717, 1.165) is 25.7 Å². The molecule has 0 spiro atoms. The first-order valence-corrected chi connectivity index (χ1v) is 7.64. The molecule has 3 rings (SSSR count). The van der Waals surface area contributed by atoms with Crippen molar-refractivity contribution in [3.8, 4) is 0 Å². The molecule has 116 valence electrons. The first kappa shape index (κ1) is 14.7. The molecule has 0 aliphatic carbocycles. The first-order chi connectivity index (χ1) is 9.72. The molecule has 20 heavy (non-hydrogen) atoms. The summed E-state index contributed by atoms with van der Waals surface area (Å²) in [5.74, 6) is 0. The molecular formula is C14H24O6. The standard InChI is InChI=1S/C14H24O6/c1-3-5-9-16-7-8(17-9)12-11(15)13-14(20-12)19-10(18-13)6-4-2/h8-15H,3-7H2,1-2H3/t8-,9?,10?,11+,12-,13-,14+/m1/s1. The van der Waals surface area contributed by atoms with E-state index in [0.29, 0.717) is 6.61 Å². The molecule has 3 saturated heterocycles. The molecule has 3 aliphatic rings. The molecule has 0 bridgehead atoms. The molecule has 3 aliphatic heterocycles. The molecular weight excluding hydrogens is 264 g/mol. The van der Waals surface area contributed by atoms with Crippen molar-refractivity contribution < 1.29 is 28.8 Å². The Morgan fingerprint density at radius 1 is 0.900 bits per heavy atom. The van der Waals surface area contributed by atoms with E-state index >= 15 is 0 Å². The predicted molar refractivity (Wildman–Crippen MR) is 68.8 cm³/mol. The summed E-state index contributed by atoms with van der Waals surface area (Å²) < 4.78 is 28.5. The van der Waals surface area contributed by atoms with E-state index < -0.39 is 24.6 Å². The van der Waals surface area contributed by atoms with Gasteiger partial charge in [-0.25, -0.2) is 0 Å². The third-order valence-electron chi connectivity index (χ3n) is 4.02. The van der Waals surface area contributed by atoms with Gasteiger partial charge >= 0.3 is 0 Å². The SMILES string of the molecule is CCCC1O[C@H]2O[C@H]([C@H]3COC(CCC)O3)[C@H](O)[C@H]2O1. The van der Waals surface area contributed by atoms with E-state index in [1.807, 2.05) is 0 Å². The van der Waals surface area contributed by atoms with Gasteiger partial charge in [0.15, 0.2) is 18.9 Å².